The Morgan fingerprint density at radius 2 is 1.71 bits per heavy atom. The SMILES string of the molecule is COc1ccc(CCN(C)C(=O)CCN(c2nc(Cc3ccc(Cl)cc3)ns2)C(C)C)cc1OC. The number of halogens is 1. The fourth-order valence-corrected chi connectivity index (χ4v) is 4.63. The molecule has 35 heavy (non-hydrogen) atoms. The van der Waals surface area contributed by atoms with Crippen LogP contribution in [0.1, 0.15) is 37.2 Å². The second-order valence-corrected chi connectivity index (χ2v) is 9.75. The first-order chi connectivity index (χ1) is 16.8. The van der Waals surface area contributed by atoms with Gasteiger partial charge in [-0.2, -0.15) is 4.37 Å². The molecule has 9 heteroatoms. The van der Waals surface area contributed by atoms with Crippen molar-refractivity contribution in [3.05, 3.63) is 64.4 Å². The van der Waals surface area contributed by atoms with E-state index >= 15 is 0 Å². The third-order valence-electron chi connectivity index (χ3n) is 5.78. The van der Waals surface area contributed by atoms with Crippen LogP contribution in [0.4, 0.5) is 5.13 Å². The van der Waals surface area contributed by atoms with Crippen molar-refractivity contribution in [3.63, 3.8) is 0 Å². The number of carbonyl (C=O) groups excluding carboxylic acids is 1. The number of rotatable bonds is 12. The lowest BCUT2D eigenvalue weighted by Crippen LogP contribution is -2.36. The molecule has 0 aliphatic heterocycles. The Morgan fingerprint density at radius 3 is 2.37 bits per heavy atom. The molecule has 0 bridgehead atoms. The topological polar surface area (TPSA) is 67.8 Å². The third kappa shape index (κ3) is 7.57. The largest absolute Gasteiger partial charge is 0.493 e. The molecule has 0 unspecified atom stereocenters. The highest BCUT2D eigenvalue weighted by molar-refractivity contribution is 7.09. The number of likely N-dealkylation sites (N-methyl/N-ethyl adjacent to an activating group) is 1. The summed E-state index contributed by atoms with van der Waals surface area (Å²) in [5.74, 6) is 2.26. The van der Waals surface area contributed by atoms with Gasteiger partial charge in [0.2, 0.25) is 11.0 Å². The number of hydrogen-bond acceptors (Lipinski definition) is 7. The highest BCUT2D eigenvalue weighted by Gasteiger charge is 2.19. The molecule has 0 fully saturated rings. The van der Waals surface area contributed by atoms with Crippen LogP contribution >= 0.6 is 23.1 Å². The van der Waals surface area contributed by atoms with Gasteiger partial charge < -0.3 is 19.3 Å². The van der Waals surface area contributed by atoms with Crippen molar-refractivity contribution in [1.29, 1.82) is 0 Å². The lowest BCUT2D eigenvalue weighted by molar-refractivity contribution is -0.129. The Hall–Kier alpha value is -2.84. The van der Waals surface area contributed by atoms with Crippen LogP contribution < -0.4 is 14.4 Å². The summed E-state index contributed by atoms with van der Waals surface area (Å²) in [7, 11) is 5.08. The summed E-state index contributed by atoms with van der Waals surface area (Å²) < 4.78 is 15.2. The molecule has 1 amide bonds. The number of ether oxygens (including phenoxy) is 2. The van der Waals surface area contributed by atoms with Crippen LogP contribution in [0.2, 0.25) is 5.02 Å². The fourth-order valence-electron chi connectivity index (χ4n) is 3.66. The molecular weight excluding hydrogens is 484 g/mol. The van der Waals surface area contributed by atoms with Crippen molar-refractivity contribution in [1.82, 2.24) is 14.3 Å². The Bertz CT molecular complexity index is 1100. The average molecular weight is 517 g/mol. The standard InChI is InChI=1S/C26H33ClN4O3S/c1-18(2)31(26-28-24(29-35-26)17-19-6-9-21(27)10-7-19)15-13-25(32)30(3)14-12-20-8-11-22(33-4)23(16-20)34-5/h6-11,16,18H,12-15,17H2,1-5H3. The average Bonchev–Trinajstić information content (AvgIpc) is 3.31. The van der Waals surface area contributed by atoms with Crippen LogP contribution in [0.3, 0.4) is 0 Å². The Kier molecular flexibility index (Phi) is 9.74. The van der Waals surface area contributed by atoms with Crippen LogP contribution in [-0.2, 0) is 17.6 Å². The van der Waals surface area contributed by atoms with Gasteiger partial charge in [-0.05, 0) is 55.7 Å². The van der Waals surface area contributed by atoms with Crippen LogP contribution in [0.25, 0.3) is 0 Å². The van der Waals surface area contributed by atoms with Gasteiger partial charge in [0, 0.05) is 55.6 Å². The smallest absolute Gasteiger partial charge is 0.224 e. The van der Waals surface area contributed by atoms with Crippen molar-refractivity contribution < 1.29 is 14.3 Å². The van der Waals surface area contributed by atoms with Gasteiger partial charge in [0.15, 0.2) is 11.5 Å². The van der Waals surface area contributed by atoms with E-state index in [4.69, 9.17) is 26.1 Å². The number of anilines is 1. The van der Waals surface area contributed by atoms with E-state index in [2.05, 4.69) is 23.1 Å². The van der Waals surface area contributed by atoms with E-state index in [0.717, 1.165) is 28.5 Å². The van der Waals surface area contributed by atoms with Gasteiger partial charge in [-0.25, -0.2) is 4.98 Å². The minimum absolute atomic E-state index is 0.0991. The van der Waals surface area contributed by atoms with Crippen molar-refractivity contribution in [2.24, 2.45) is 0 Å². The van der Waals surface area contributed by atoms with E-state index in [1.165, 1.54) is 11.5 Å². The lowest BCUT2D eigenvalue weighted by Gasteiger charge is -2.26. The molecular formula is C26H33ClN4O3S. The first-order valence-electron chi connectivity index (χ1n) is 11.6. The minimum atomic E-state index is 0.0991. The van der Waals surface area contributed by atoms with E-state index in [0.29, 0.717) is 42.5 Å². The van der Waals surface area contributed by atoms with Crippen LogP contribution in [0.5, 0.6) is 11.5 Å². The van der Waals surface area contributed by atoms with E-state index in [9.17, 15) is 4.79 Å². The summed E-state index contributed by atoms with van der Waals surface area (Å²) >= 11 is 7.35. The Balaban J connectivity index is 1.54. The fraction of sp³-hybridized carbons (Fsp3) is 0.423. The van der Waals surface area contributed by atoms with Crippen molar-refractivity contribution in [2.45, 2.75) is 39.2 Å². The lowest BCUT2D eigenvalue weighted by atomic mass is 10.1. The predicted octanol–water partition coefficient (Wildman–Crippen LogP) is 5.11. The number of aromatic nitrogens is 2. The molecule has 1 aromatic heterocycles. The van der Waals surface area contributed by atoms with E-state index in [1.54, 1.807) is 19.1 Å². The highest BCUT2D eigenvalue weighted by Crippen LogP contribution is 2.28. The zero-order valence-electron chi connectivity index (χ0n) is 21.0. The number of amides is 1. The number of benzene rings is 2. The van der Waals surface area contributed by atoms with Crippen LogP contribution in [0.15, 0.2) is 42.5 Å². The highest BCUT2D eigenvalue weighted by atomic mass is 35.5. The molecule has 0 aliphatic rings. The van der Waals surface area contributed by atoms with Gasteiger partial charge in [0.1, 0.15) is 5.82 Å². The summed E-state index contributed by atoms with van der Waals surface area (Å²) in [4.78, 5) is 21.5. The van der Waals surface area contributed by atoms with Gasteiger partial charge in [0.25, 0.3) is 0 Å². The summed E-state index contributed by atoms with van der Waals surface area (Å²) in [5.41, 5.74) is 2.20. The second-order valence-electron chi connectivity index (χ2n) is 8.59. The molecule has 7 nitrogen and oxygen atoms in total. The molecule has 0 spiro atoms. The molecule has 0 aliphatic carbocycles. The van der Waals surface area contributed by atoms with E-state index in [1.807, 2.05) is 49.5 Å². The number of nitrogens with zero attached hydrogens (tertiary/aromatic N) is 4. The molecule has 1 heterocycles. The molecule has 0 saturated carbocycles. The van der Waals surface area contributed by atoms with Gasteiger partial charge in [0.05, 0.1) is 14.2 Å². The van der Waals surface area contributed by atoms with Gasteiger partial charge in [-0.1, -0.05) is 29.8 Å². The molecule has 0 radical (unpaired) electrons. The number of methoxy groups -OCH3 is 2. The van der Waals surface area contributed by atoms with Crippen molar-refractivity contribution in [2.75, 3.05) is 39.3 Å². The van der Waals surface area contributed by atoms with Gasteiger partial charge in [-0.3, -0.25) is 4.79 Å². The van der Waals surface area contributed by atoms with Gasteiger partial charge >= 0.3 is 0 Å². The monoisotopic (exact) mass is 516 g/mol. The zero-order chi connectivity index (χ0) is 25.4. The quantitative estimate of drug-likeness (QED) is 0.333. The molecule has 3 rings (SSSR count). The number of carbonyl (C=O) groups is 1. The minimum Gasteiger partial charge on any atom is -0.493 e. The van der Waals surface area contributed by atoms with Crippen molar-refractivity contribution >= 4 is 34.2 Å². The Morgan fingerprint density at radius 1 is 1.03 bits per heavy atom. The Labute approximate surface area is 216 Å². The van der Waals surface area contributed by atoms with Crippen LogP contribution in [0, 0.1) is 0 Å². The second kappa shape index (κ2) is 12.7. The normalized spacial score (nSPS) is 10.9. The van der Waals surface area contributed by atoms with Gasteiger partial charge in [-0.15, -0.1) is 0 Å². The molecule has 0 atom stereocenters. The summed E-state index contributed by atoms with van der Waals surface area (Å²) in [6, 6.07) is 13.8. The molecule has 0 saturated heterocycles. The van der Waals surface area contributed by atoms with E-state index < -0.39 is 0 Å². The van der Waals surface area contributed by atoms with Crippen molar-refractivity contribution in [3.8, 4) is 11.5 Å². The summed E-state index contributed by atoms with van der Waals surface area (Å²) in [6.45, 7) is 5.42. The zero-order valence-corrected chi connectivity index (χ0v) is 22.5. The first-order valence-corrected chi connectivity index (χ1v) is 12.7. The molecule has 0 N–H and O–H groups in total. The van der Waals surface area contributed by atoms with E-state index in [-0.39, 0.29) is 11.9 Å². The predicted molar refractivity (Wildman–Crippen MR) is 142 cm³/mol. The molecule has 2 aromatic carbocycles. The maximum Gasteiger partial charge on any atom is 0.224 e. The molecule has 3 aromatic rings. The first kappa shape index (κ1) is 26.8. The summed E-state index contributed by atoms with van der Waals surface area (Å²) in [5, 5.41) is 1.55. The third-order valence-corrected chi connectivity index (χ3v) is 6.82. The number of hydrogen-bond donors (Lipinski definition) is 0. The maximum absolute atomic E-state index is 12.8. The summed E-state index contributed by atoms with van der Waals surface area (Å²) in [6.07, 6.45) is 1.80. The maximum atomic E-state index is 12.8. The van der Waals surface area contributed by atoms with Crippen LogP contribution in [-0.4, -0.2) is 60.6 Å². The molecule has 188 valence electrons.